The summed E-state index contributed by atoms with van der Waals surface area (Å²) in [5, 5.41) is 0. The van der Waals surface area contributed by atoms with E-state index in [1.165, 1.54) is 18.1 Å². The van der Waals surface area contributed by atoms with E-state index in [1.54, 1.807) is 6.92 Å². The van der Waals surface area contributed by atoms with Gasteiger partial charge >= 0.3 is 5.97 Å². The SMILES string of the molecule is CC(=O)OC1(C(C)=O)CCC2C3C=C(C)C4=CC(=O)CCC4(C)C3CCC21C.Cl.ClCCN(CCCl)CCCl. The van der Waals surface area contributed by atoms with Crippen LogP contribution in [0.3, 0.4) is 0 Å². The van der Waals surface area contributed by atoms with Crippen LogP contribution in [0.25, 0.3) is 0 Å². The minimum atomic E-state index is -0.990. The second-order valence-corrected chi connectivity index (χ2v) is 13.1. The third kappa shape index (κ3) is 6.58. The fourth-order valence-electron chi connectivity index (χ4n) is 8.17. The Bertz CT molecular complexity index is 970. The molecule has 2 saturated carbocycles. The zero-order valence-corrected chi connectivity index (χ0v) is 27.1. The normalized spacial score (nSPS) is 34.8. The zero-order valence-electron chi connectivity index (χ0n) is 24.0. The summed E-state index contributed by atoms with van der Waals surface area (Å²) in [6, 6.07) is 0. The Morgan fingerprint density at radius 3 is 2.05 bits per heavy atom. The van der Waals surface area contributed by atoms with E-state index in [2.05, 4.69) is 31.7 Å². The maximum atomic E-state index is 12.8. The van der Waals surface area contributed by atoms with E-state index in [0.717, 1.165) is 45.3 Å². The van der Waals surface area contributed by atoms with Gasteiger partial charge in [0.05, 0.1) is 0 Å². The molecule has 6 unspecified atom stereocenters. The highest BCUT2D eigenvalue weighted by molar-refractivity contribution is 6.18. The van der Waals surface area contributed by atoms with Crippen molar-refractivity contribution in [2.45, 2.75) is 78.7 Å². The van der Waals surface area contributed by atoms with Crippen molar-refractivity contribution < 1.29 is 19.1 Å². The molecule has 0 aromatic rings. The van der Waals surface area contributed by atoms with Crippen molar-refractivity contribution in [2.24, 2.45) is 28.6 Å². The summed E-state index contributed by atoms with van der Waals surface area (Å²) in [6.07, 6.45) is 9.20. The van der Waals surface area contributed by atoms with Crippen LogP contribution < -0.4 is 0 Å². The van der Waals surface area contributed by atoms with Crippen LogP contribution in [0, 0.1) is 28.6 Å². The molecular weight excluding hydrogens is 580 g/mol. The van der Waals surface area contributed by atoms with Gasteiger partial charge < -0.3 is 4.74 Å². The van der Waals surface area contributed by atoms with E-state index in [0.29, 0.717) is 48.2 Å². The van der Waals surface area contributed by atoms with Gasteiger partial charge in [0.15, 0.2) is 17.2 Å². The van der Waals surface area contributed by atoms with Gasteiger partial charge in [-0.15, -0.1) is 47.2 Å². The molecule has 0 aromatic heterocycles. The van der Waals surface area contributed by atoms with Crippen LogP contribution in [0.15, 0.2) is 23.3 Å². The van der Waals surface area contributed by atoms with Gasteiger partial charge in [0.25, 0.3) is 0 Å². The van der Waals surface area contributed by atoms with Crippen molar-refractivity contribution >= 4 is 64.7 Å². The van der Waals surface area contributed by atoms with Crippen molar-refractivity contribution in [2.75, 3.05) is 37.3 Å². The van der Waals surface area contributed by atoms with Crippen molar-refractivity contribution in [1.29, 1.82) is 0 Å². The van der Waals surface area contributed by atoms with E-state index in [1.807, 2.05) is 6.08 Å². The quantitative estimate of drug-likeness (QED) is 0.215. The lowest BCUT2D eigenvalue weighted by Crippen LogP contribution is -2.58. The fourth-order valence-corrected chi connectivity index (χ4v) is 8.89. The fraction of sp³-hybridized carbons (Fsp3) is 0.767. The number of ether oxygens (including phenoxy) is 1. The predicted octanol–water partition coefficient (Wildman–Crippen LogP) is 7.00. The summed E-state index contributed by atoms with van der Waals surface area (Å²) >= 11 is 16.6. The van der Waals surface area contributed by atoms with Gasteiger partial charge in [0, 0.05) is 56.0 Å². The van der Waals surface area contributed by atoms with Gasteiger partial charge in [0.2, 0.25) is 0 Å². The molecule has 4 rings (SSSR count). The van der Waals surface area contributed by atoms with Gasteiger partial charge in [-0.3, -0.25) is 19.3 Å². The largest absolute Gasteiger partial charge is 0.451 e. The van der Waals surface area contributed by atoms with Crippen molar-refractivity contribution in [3.8, 4) is 0 Å². The second-order valence-electron chi connectivity index (χ2n) is 12.0. The molecule has 0 aliphatic heterocycles. The predicted molar refractivity (Wildman–Crippen MR) is 162 cm³/mol. The molecule has 0 amide bonds. The number of ketones is 2. The highest BCUT2D eigenvalue weighted by Crippen LogP contribution is 2.67. The van der Waals surface area contributed by atoms with Crippen LogP contribution in [0.2, 0.25) is 0 Å². The maximum Gasteiger partial charge on any atom is 0.303 e. The number of hydrogen-bond acceptors (Lipinski definition) is 5. The number of esters is 1. The summed E-state index contributed by atoms with van der Waals surface area (Å²) < 4.78 is 5.82. The molecule has 4 aliphatic rings. The topological polar surface area (TPSA) is 63.7 Å². The first-order valence-corrected chi connectivity index (χ1v) is 15.5. The minimum absolute atomic E-state index is 0. The molecule has 0 aromatic carbocycles. The van der Waals surface area contributed by atoms with Gasteiger partial charge in [-0.2, -0.15) is 0 Å². The molecule has 0 saturated heterocycles. The number of allylic oxidation sites excluding steroid dienone is 4. The first kappa shape index (κ1) is 34.6. The molecule has 6 atom stereocenters. The molecule has 2 fully saturated rings. The summed E-state index contributed by atoms with van der Waals surface area (Å²) in [6.45, 7) is 12.3. The Morgan fingerprint density at radius 2 is 1.54 bits per heavy atom. The Morgan fingerprint density at radius 1 is 0.974 bits per heavy atom. The lowest BCUT2D eigenvalue weighted by Gasteiger charge is -2.58. The first-order valence-electron chi connectivity index (χ1n) is 13.9. The molecule has 0 heterocycles. The Hall–Kier alpha value is -0.590. The molecule has 0 N–H and O–H groups in total. The summed E-state index contributed by atoms with van der Waals surface area (Å²) in [4.78, 5) is 38.9. The highest BCUT2D eigenvalue weighted by Gasteiger charge is 2.67. The number of hydrogen-bond donors (Lipinski definition) is 0. The van der Waals surface area contributed by atoms with E-state index < -0.39 is 5.60 Å². The summed E-state index contributed by atoms with van der Waals surface area (Å²) in [5.74, 6) is 2.97. The highest BCUT2D eigenvalue weighted by atomic mass is 35.5. The third-order valence-corrected chi connectivity index (χ3v) is 10.5. The number of fused-ring (bicyclic) bond motifs is 5. The van der Waals surface area contributed by atoms with Crippen molar-refractivity contribution in [3.63, 3.8) is 0 Å². The number of rotatable bonds is 8. The van der Waals surface area contributed by atoms with E-state index in [4.69, 9.17) is 39.5 Å². The van der Waals surface area contributed by atoms with Crippen LogP contribution in [-0.2, 0) is 19.1 Å². The molecule has 5 nitrogen and oxygen atoms in total. The van der Waals surface area contributed by atoms with Crippen molar-refractivity contribution in [3.05, 3.63) is 23.3 Å². The number of alkyl halides is 3. The average Bonchev–Trinajstić information content (AvgIpc) is 3.14. The number of halogens is 4. The third-order valence-electron chi connectivity index (χ3n) is 10.0. The number of carbonyl (C=O) groups excluding carboxylic acids is 3. The summed E-state index contributed by atoms with van der Waals surface area (Å²) in [7, 11) is 0. The molecule has 9 heteroatoms. The Balaban J connectivity index is 0.000000417. The molecule has 0 radical (unpaired) electrons. The molecule has 0 spiro atoms. The minimum Gasteiger partial charge on any atom is -0.451 e. The number of carbonyl (C=O) groups is 3. The van der Waals surface area contributed by atoms with E-state index >= 15 is 0 Å². The number of Topliss-reactive ketones (excluding diaryl/α,β-unsaturated/α-hetero) is 1. The first-order chi connectivity index (χ1) is 17.9. The van der Waals surface area contributed by atoms with E-state index in [-0.39, 0.29) is 40.8 Å². The number of nitrogens with zero attached hydrogens (tertiary/aromatic N) is 1. The van der Waals surface area contributed by atoms with Gasteiger partial charge in [-0.25, -0.2) is 0 Å². The van der Waals surface area contributed by atoms with Gasteiger partial charge in [-0.05, 0) is 80.8 Å². The van der Waals surface area contributed by atoms with E-state index in [9.17, 15) is 14.4 Å². The molecule has 4 aliphatic carbocycles. The maximum absolute atomic E-state index is 12.8. The van der Waals surface area contributed by atoms with Gasteiger partial charge in [0.1, 0.15) is 0 Å². The van der Waals surface area contributed by atoms with Crippen LogP contribution in [0.1, 0.15) is 73.1 Å². The standard InChI is InChI=1S/C24H32O4.C6H12Cl3N.ClH/c1-14-12-18-19(22(4)9-6-17(27)13-21(14)22)7-10-23(5)20(18)8-11-24(23,15(2)25)28-16(3)26;7-1-4-10(5-2-8)6-3-9;/h12-13,18-20H,6-11H2,1-5H3;1-6H2;1H. The van der Waals surface area contributed by atoms with Crippen LogP contribution in [0.4, 0.5) is 0 Å². The smallest absolute Gasteiger partial charge is 0.303 e. The Labute approximate surface area is 255 Å². The van der Waals surface area contributed by atoms with Crippen LogP contribution in [0.5, 0.6) is 0 Å². The lowest BCUT2D eigenvalue weighted by atomic mass is 9.47. The summed E-state index contributed by atoms with van der Waals surface area (Å²) in [5.41, 5.74) is 1.15. The molecular formula is C30H45Cl4NO4. The van der Waals surface area contributed by atoms with Crippen molar-refractivity contribution in [1.82, 2.24) is 4.90 Å². The zero-order chi connectivity index (χ0) is 28.3. The lowest BCUT2D eigenvalue weighted by molar-refractivity contribution is -0.185. The molecule has 0 bridgehead atoms. The Kier molecular flexibility index (Phi) is 12.5. The second kappa shape index (κ2) is 14.1. The average molecular weight is 626 g/mol. The van der Waals surface area contributed by atoms with Crippen LogP contribution >= 0.6 is 47.2 Å². The molecule has 39 heavy (non-hydrogen) atoms. The monoisotopic (exact) mass is 623 g/mol. The van der Waals surface area contributed by atoms with Gasteiger partial charge in [-0.1, -0.05) is 25.5 Å². The molecule has 222 valence electrons. The van der Waals surface area contributed by atoms with Crippen LogP contribution in [-0.4, -0.2) is 65.3 Å².